The van der Waals surface area contributed by atoms with Gasteiger partial charge in [0.05, 0.1) is 5.71 Å². The van der Waals surface area contributed by atoms with E-state index in [2.05, 4.69) is 40.0 Å². The predicted octanol–water partition coefficient (Wildman–Crippen LogP) is 3.24. The number of hydrogen-bond donors (Lipinski definition) is 0. The van der Waals surface area contributed by atoms with Crippen molar-refractivity contribution in [2.24, 2.45) is 4.99 Å². The lowest BCUT2D eigenvalue weighted by Gasteiger charge is -2.06. The molecule has 0 spiro atoms. The molecule has 0 saturated carbocycles. The van der Waals surface area contributed by atoms with Crippen molar-refractivity contribution < 1.29 is 0 Å². The van der Waals surface area contributed by atoms with Gasteiger partial charge in [0.2, 0.25) is 0 Å². The molecular weight excluding hydrogens is 214 g/mol. The van der Waals surface area contributed by atoms with Gasteiger partial charge in [-0.1, -0.05) is 35.0 Å². The minimum Gasteiger partial charge on any atom is -0.288 e. The summed E-state index contributed by atoms with van der Waals surface area (Å²) in [6.45, 7) is 2.13. The second-order valence-corrected chi connectivity index (χ2v) is 3.45. The molecule has 0 aliphatic heterocycles. The van der Waals surface area contributed by atoms with Crippen LogP contribution >= 0.6 is 15.9 Å². The van der Waals surface area contributed by atoms with E-state index in [1.807, 2.05) is 19.2 Å². The smallest absolute Gasteiger partial charge is 0.0651 e. The van der Waals surface area contributed by atoms with Gasteiger partial charge in [0.15, 0.2) is 0 Å². The van der Waals surface area contributed by atoms with Crippen LogP contribution in [0.4, 0.5) is 0 Å². The summed E-state index contributed by atoms with van der Waals surface area (Å²) in [7, 11) is 1.81. The lowest BCUT2D eigenvalue weighted by atomic mass is 10.0. The zero-order valence-corrected chi connectivity index (χ0v) is 8.93. The van der Waals surface area contributed by atoms with Gasteiger partial charge < -0.3 is 0 Å². The summed E-state index contributed by atoms with van der Waals surface area (Å²) in [5, 5.41) is 0. The van der Waals surface area contributed by atoms with Gasteiger partial charge in [0.1, 0.15) is 0 Å². The third-order valence-electron chi connectivity index (χ3n) is 1.66. The summed E-state index contributed by atoms with van der Waals surface area (Å²) in [5.74, 6) is 0. The van der Waals surface area contributed by atoms with Crippen LogP contribution in [0.2, 0.25) is 0 Å². The third kappa shape index (κ3) is 2.18. The molecule has 0 heterocycles. The third-order valence-corrected chi connectivity index (χ3v) is 2.15. The van der Waals surface area contributed by atoms with Crippen molar-refractivity contribution in [3.63, 3.8) is 0 Å². The van der Waals surface area contributed by atoms with Gasteiger partial charge in [-0.3, -0.25) is 4.99 Å². The Kier molecular flexibility index (Phi) is 3.48. The van der Waals surface area contributed by atoms with Crippen LogP contribution in [0.25, 0.3) is 0 Å². The van der Waals surface area contributed by atoms with Gasteiger partial charge >= 0.3 is 0 Å². The van der Waals surface area contributed by atoms with E-state index in [1.165, 1.54) is 5.57 Å². The first-order valence-corrected chi connectivity index (χ1v) is 4.79. The van der Waals surface area contributed by atoms with Crippen LogP contribution in [-0.2, 0) is 0 Å². The largest absolute Gasteiger partial charge is 0.288 e. The Morgan fingerprint density at radius 2 is 2.25 bits per heavy atom. The lowest BCUT2D eigenvalue weighted by molar-refractivity contribution is 1.21. The first kappa shape index (κ1) is 9.46. The fourth-order valence-corrected chi connectivity index (χ4v) is 1.45. The quantitative estimate of drug-likeness (QED) is 0.650. The molecule has 1 aliphatic carbocycles. The molecule has 0 fully saturated rings. The highest BCUT2D eigenvalue weighted by Crippen LogP contribution is 2.18. The van der Waals surface area contributed by atoms with Crippen molar-refractivity contribution >= 4 is 21.6 Å². The molecule has 0 aromatic heterocycles. The molecule has 0 unspecified atom stereocenters. The van der Waals surface area contributed by atoms with Crippen molar-refractivity contribution in [3.8, 4) is 0 Å². The average molecular weight is 226 g/mol. The highest BCUT2D eigenvalue weighted by molar-refractivity contribution is 9.11. The molecule has 0 N–H and O–H groups in total. The van der Waals surface area contributed by atoms with E-state index in [-0.39, 0.29) is 0 Å². The van der Waals surface area contributed by atoms with E-state index in [1.54, 1.807) is 0 Å². The standard InChI is InChI=1S/C10H12BrN/c1-3-4-8-5-6-9(11)7-10(8)12-2/h4-7H,3H2,1-2H3/b8-4-,12-10?. The summed E-state index contributed by atoms with van der Waals surface area (Å²) in [5.41, 5.74) is 2.26. The van der Waals surface area contributed by atoms with Crippen LogP contribution < -0.4 is 0 Å². The van der Waals surface area contributed by atoms with E-state index >= 15 is 0 Å². The van der Waals surface area contributed by atoms with E-state index in [0.29, 0.717) is 0 Å². The molecular formula is C10H12BrN. The number of rotatable bonds is 1. The van der Waals surface area contributed by atoms with Crippen LogP contribution in [0.15, 0.2) is 39.4 Å². The highest BCUT2D eigenvalue weighted by Gasteiger charge is 2.04. The Morgan fingerprint density at radius 3 is 2.83 bits per heavy atom. The van der Waals surface area contributed by atoms with Crippen molar-refractivity contribution in [3.05, 3.63) is 34.4 Å². The van der Waals surface area contributed by atoms with Gasteiger partial charge in [0.25, 0.3) is 0 Å². The molecule has 12 heavy (non-hydrogen) atoms. The maximum atomic E-state index is 4.19. The molecule has 0 amide bonds. The Morgan fingerprint density at radius 1 is 1.50 bits per heavy atom. The van der Waals surface area contributed by atoms with E-state index < -0.39 is 0 Å². The minimum absolute atomic E-state index is 1.05. The van der Waals surface area contributed by atoms with Gasteiger partial charge in [-0.05, 0) is 24.1 Å². The van der Waals surface area contributed by atoms with Gasteiger partial charge in [-0.2, -0.15) is 0 Å². The number of halogens is 1. The maximum absolute atomic E-state index is 4.19. The van der Waals surface area contributed by atoms with Crippen LogP contribution in [0.1, 0.15) is 13.3 Å². The fourth-order valence-electron chi connectivity index (χ4n) is 1.10. The van der Waals surface area contributed by atoms with Crippen molar-refractivity contribution in [2.75, 3.05) is 7.05 Å². The summed E-state index contributed by atoms with van der Waals surface area (Å²) < 4.78 is 1.08. The minimum atomic E-state index is 1.05. The zero-order valence-electron chi connectivity index (χ0n) is 7.34. The molecule has 2 heteroatoms. The first-order chi connectivity index (χ1) is 5.77. The molecule has 1 aliphatic rings. The Hall–Kier alpha value is -0.630. The van der Waals surface area contributed by atoms with Crippen molar-refractivity contribution in [1.29, 1.82) is 0 Å². The van der Waals surface area contributed by atoms with Crippen LogP contribution in [0.3, 0.4) is 0 Å². The van der Waals surface area contributed by atoms with E-state index in [0.717, 1.165) is 16.6 Å². The Labute approximate surface area is 81.7 Å². The first-order valence-electron chi connectivity index (χ1n) is 4.00. The Bertz CT molecular complexity index is 282. The van der Waals surface area contributed by atoms with Crippen LogP contribution in [0, 0.1) is 0 Å². The molecule has 0 aromatic rings. The van der Waals surface area contributed by atoms with Crippen LogP contribution in [-0.4, -0.2) is 12.8 Å². The van der Waals surface area contributed by atoms with E-state index in [9.17, 15) is 0 Å². The molecule has 0 bridgehead atoms. The van der Waals surface area contributed by atoms with Gasteiger partial charge in [-0.25, -0.2) is 0 Å². The molecule has 0 radical (unpaired) electrons. The summed E-state index contributed by atoms with van der Waals surface area (Å²) in [6, 6.07) is 0. The van der Waals surface area contributed by atoms with Crippen LogP contribution in [0.5, 0.6) is 0 Å². The molecule has 0 saturated heterocycles. The molecule has 0 aromatic carbocycles. The number of allylic oxidation sites excluding steroid dienone is 6. The maximum Gasteiger partial charge on any atom is 0.0651 e. The van der Waals surface area contributed by atoms with Gasteiger partial charge in [-0.15, -0.1) is 0 Å². The SMILES string of the molecule is CC/C=C1/C=CC(Br)=CC1=NC. The average Bonchev–Trinajstić information content (AvgIpc) is 2.08. The topological polar surface area (TPSA) is 12.4 Å². The lowest BCUT2D eigenvalue weighted by Crippen LogP contribution is -2.00. The second-order valence-electron chi connectivity index (χ2n) is 2.54. The van der Waals surface area contributed by atoms with Gasteiger partial charge in [0, 0.05) is 11.5 Å². The highest BCUT2D eigenvalue weighted by atomic mass is 79.9. The fraction of sp³-hybridized carbons (Fsp3) is 0.300. The summed E-state index contributed by atoms with van der Waals surface area (Å²) in [6.07, 6.45) is 9.37. The second kappa shape index (κ2) is 4.41. The molecule has 64 valence electrons. The van der Waals surface area contributed by atoms with Crippen molar-refractivity contribution in [1.82, 2.24) is 0 Å². The number of aliphatic imine (C=N–C) groups is 1. The summed E-state index contributed by atoms with van der Waals surface area (Å²) in [4.78, 5) is 4.19. The zero-order chi connectivity index (χ0) is 8.97. The Balaban J connectivity index is 2.96. The van der Waals surface area contributed by atoms with Crippen molar-refractivity contribution in [2.45, 2.75) is 13.3 Å². The normalized spacial score (nSPS) is 23.4. The van der Waals surface area contributed by atoms with E-state index in [4.69, 9.17) is 0 Å². The molecule has 1 nitrogen and oxygen atoms in total. The monoisotopic (exact) mass is 225 g/mol. The number of nitrogens with zero attached hydrogens (tertiary/aromatic N) is 1. The summed E-state index contributed by atoms with van der Waals surface area (Å²) >= 11 is 3.41. The molecule has 1 rings (SSSR count). The number of hydrogen-bond acceptors (Lipinski definition) is 1. The predicted molar refractivity (Wildman–Crippen MR) is 57.9 cm³/mol. The molecule has 0 atom stereocenters.